The normalized spacial score (nSPS) is 11.0. The van der Waals surface area contributed by atoms with Crippen LogP contribution in [0.25, 0.3) is 0 Å². The standard InChI is InChI=1S/C19H16FN3O3S/c1-13-5-4-12-21-18(13)22-19(24)14-8-10-15(11-9-14)27(25,26)23-17-7-3-2-6-16(17)20/h2-12,23H,1H3,(H,21,22,24). The van der Waals surface area contributed by atoms with E-state index in [1.807, 2.05) is 13.0 Å². The minimum absolute atomic E-state index is 0.0867. The summed E-state index contributed by atoms with van der Waals surface area (Å²) in [4.78, 5) is 16.3. The van der Waals surface area contributed by atoms with Crippen molar-refractivity contribution in [3.05, 3.63) is 83.8 Å². The molecule has 3 rings (SSSR count). The Morgan fingerprint density at radius 2 is 1.70 bits per heavy atom. The number of halogens is 1. The van der Waals surface area contributed by atoms with Crippen LogP contribution in [0.15, 0.2) is 71.8 Å². The molecule has 1 aromatic heterocycles. The third-order valence-electron chi connectivity index (χ3n) is 3.79. The van der Waals surface area contributed by atoms with Crippen LogP contribution in [0.3, 0.4) is 0 Å². The fourth-order valence-electron chi connectivity index (χ4n) is 2.33. The Balaban J connectivity index is 1.77. The summed E-state index contributed by atoms with van der Waals surface area (Å²) in [6.45, 7) is 1.81. The van der Waals surface area contributed by atoms with Crippen LogP contribution in [-0.4, -0.2) is 19.3 Å². The second kappa shape index (κ2) is 7.55. The fourth-order valence-corrected chi connectivity index (χ4v) is 3.40. The minimum atomic E-state index is -3.98. The number of hydrogen-bond donors (Lipinski definition) is 2. The molecule has 0 bridgehead atoms. The van der Waals surface area contributed by atoms with Crippen LogP contribution in [0.2, 0.25) is 0 Å². The molecule has 0 aliphatic heterocycles. The molecule has 0 aliphatic rings. The number of nitrogens with zero attached hydrogens (tertiary/aromatic N) is 1. The van der Waals surface area contributed by atoms with E-state index in [4.69, 9.17) is 0 Å². The lowest BCUT2D eigenvalue weighted by atomic mass is 10.2. The van der Waals surface area contributed by atoms with E-state index in [1.165, 1.54) is 42.5 Å². The number of carbonyl (C=O) groups is 1. The third kappa shape index (κ3) is 4.29. The van der Waals surface area contributed by atoms with Crippen molar-refractivity contribution in [1.82, 2.24) is 4.98 Å². The van der Waals surface area contributed by atoms with Gasteiger partial charge in [0.05, 0.1) is 10.6 Å². The van der Waals surface area contributed by atoms with Gasteiger partial charge in [-0.3, -0.25) is 9.52 Å². The number of pyridine rings is 1. The lowest BCUT2D eigenvalue weighted by molar-refractivity contribution is 0.102. The van der Waals surface area contributed by atoms with Crippen molar-refractivity contribution in [2.24, 2.45) is 0 Å². The molecular formula is C19H16FN3O3S. The van der Waals surface area contributed by atoms with E-state index in [0.29, 0.717) is 5.82 Å². The second-order valence-corrected chi connectivity index (χ2v) is 7.42. The highest BCUT2D eigenvalue weighted by atomic mass is 32.2. The summed E-state index contributed by atoms with van der Waals surface area (Å²) in [6, 6.07) is 14.4. The van der Waals surface area contributed by atoms with Gasteiger partial charge in [-0.15, -0.1) is 0 Å². The Labute approximate surface area is 156 Å². The number of anilines is 2. The van der Waals surface area contributed by atoms with Crippen LogP contribution in [0.5, 0.6) is 0 Å². The number of para-hydroxylation sites is 1. The second-order valence-electron chi connectivity index (χ2n) is 5.73. The lowest BCUT2D eigenvalue weighted by Gasteiger charge is -2.10. The number of aryl methyl sites for hydroxylation is 1. The lowest BCUT2D eigenvalue weighted by Crippen LogP contribution is -2.16. The number of aromatic nitrogens is 1. The van der Waals surface area contributed by atoms with Crippen molar-refractivity contribution >= 4 is 27.4 Å². The molecule has 0 spiro atoms. The number of sulfonamides is 1. The predicted octanol–water partition coefficient (Wildman–Crippen LogP) is 3.58. The Hall–Kier alpha value is -3.26. The van der Waals surface area contributed by atoms with Gasteiger partial charge in [0.15, 0.2) is 0 Å². The maximum atomic E-state index is 13.7. The van der Waals surface area contributed by atoms with Gasteiger partial charge in [-0.2, -0.15) is 0 Å². The van der Waals surface area contributed by atoms with Gasteiger partial charge in [0.1, 0.15) is 11.6 Å². The van der Waals surface area contributed by atoms with Gasteiger partial charge < -0.3 is 5.32 Å². The van der Waals surface area contributed by atoms with Crippen molar-refractivity contribution in [1.29, 1.82) is 0 Å². The largest absolute Gasteiger partial charge is 0.306 e. The van der Waals surface area contributed by atoms with Gasteiger partial charge >= 0.3 is 0 Å². The molecule has 138 valence electrons. The molecule has 1 amide bonds. The van der Waals surface area contributed by atoms with Gasteiger partial charge in [-0.1, -0.05) is 18.2 Å². The number of benzene rings is 2. The summed E-state index contributed by atoms with van der Waals surface area (Å²) >= 11 is 0. The highest BCUT2D eigenvalue weighted by molar-refractivity contribution is 7.92. The van der Waals surface area contributed by atoms with Crippen LogP contribution in [0.1, 0.15) is 15.9 Å². The average Bonchev–Trinajstić information content (AvgIpc) is 2.65. The van der Waals surface area contributed by atoms with Crippen molar-refractivity contribution in [3.8, 4) is 0 Å². The van der Waals surface area contributed by atoms with E-state index in [9.17, 15) is 17.6 Å². The summed E-state index contributed by atoms with van der Waals surface area (Å²) in [6.07, 6.45) is 1.56. The van der Waals surface area contributed by atoms with E-state index < -0.39 is 21.7 Å². The summed E-state index contributed by atoms with van der Waals surface area (Å²) in [5, 5.41) is 2.67. The maximum Gasteiger partial charge on any atom is 0.261 e. The van der Waals surface area contributed by atoms with E-state index in [0.717, 1.165) is 11.6 Å². The fraction of sp³-hybridized carbons (Fsp3) is 0.0526. The Morgan fingerprint density at radius 3 is 2.37 bits per heavy atom. The molecule has 0 saturated heterocycles. The number of rotatable bonds is 5. The van der Waals surface area contributed by atoms with Gasteiger partial charge in [0.25, 0.3) is 15.9 Å². The molecule has 0 saturated carbocycles. The Bertz CT molecular complexity index is 1080. The average molecular weight is 385 g/mol. The molecule has 0 aliphatic carbocycles. The monoisotopic (exact) mass is 385 g/mol. The molecule has 0 fully saturated rings. The predicted molar refractivity (Wildman–Crippen MR) is 101 cm³/mol. The number of hydrogen-bond acceptors (Lipinski definition) is 4. The number of nitrogens with one attached hydrogen (secondary N) is 2. The first-order valence-corrected chi connectivity index (χ1v) is 9.45. The van der Waals surface area contributed by atoms with Crippen LogP contribution in [-0.2, 0) is 10.0 Å². The molecule has 27 heavy (non-hydrogen) atoms. The van der Waals surface area contributed by atoms with Gasteiger partial charge in [0.2, 0.25) is 0 Å². The van der Waals surface area contributed by atoms with Crippen LogP contribution < -0.4 is 10.0 Å². The summed E-state index contributed by atoms with van der Waals surface area (Å²) < 4.78 is 40.6. The minimum Gasteiger partial charge on any atom is -0.306 e. The topological polar surface area (TPSA) is 88.2 Å². The van der Waals surface area contributed by atoms with Gasteiger partial charge in [-0.25, -0.2) is 17.8 Å². The molecule has 2 N–H and O–H groups in total. The summed E-state index contributed by atoms with van der Waals surface area (Å²) in [5.41, 5.74) is 0.925. The first kappa shape index (κ1) is 18.5. The Kier molecular flexibility index (Phi) is 5.18. The highest BCUT2D eigenvalue weighted by Gasteiger charge is 2.17. The zero-order valence-electron chi connectivity index (χ0n) is 14.3. The van der Waals surface area contributed by atoms with E-state index in [1.54, 1.807) is 12.3 Å². The van der Waals surface area contributed by atoms with Crippen LogP contribution in [0, 0.1) is 12.7 Å². The van der Waals surface area contributed by atoms with Crippen LogP contribution in [0.4, 0.5) is 15.9 Å². The van der Waals surface area contributed by atoms with Crippen molar-refractivity contribution < 1.29 is 17.6 Å². The molecule has 0 unspecified atom stereocenters. The molecule has 8 heteroatoms. The summed E-state index contributed by atoms with van der Waals surface area (Å²) in [7, 11) is -3.98. The zero-order valence-corrected chi connectivity index (χ0v) is 15.1. The zero-order chi connectivity index (χ0) is 19.4. The number of carbonyl (C=O) groups excluding carboxylic acids is 1. The molecule has 2 aromatic carbocycles. The quantitative estimate of drug-likeness (QED) is 0.703. The molecule has 1 heterocycles. The van der Waals surface area contributed by atoms with Crippen molar-refractivity contribution in [3.63, 3.8) is 0 Å². The Morgan fingerprint density at radius 1 is 1.00 bits per heavy atom. The molecular weight excluding hydrogens is 369 g/mol. The van der Waals surface area contributed by atoms with Crippen molar-refractivity contribution in [2.75, 3.05) is 10.0 Å². The SMILES string of the molecule is Cc1cccnc1NC(=O)c1ccc(S(=O)(=O)Nc2ccccc2F)cc1. The first-order valence-electron chi connectivity index (χ1n) is 7.97. The van der Waals surface area contributed by atoms with E-state index >= 15 is 0 Å². The van der Waals surface area contributed by atoms with Crippen molar-refractivity contribution in [2.45, 2.75) is 11.8 Å². The number of amides is 1. The molecule has 6 nitrogen and oxygen atoms in total. The van der Waals surface area contributed by atoms with Gasteiger partial charge in [-0.05, 0) is 55.0 Å². The third-order valence-corrected chi connectivity index (χ3v) is 5.17. The van der Waals surface area contributed by atoms with E-state index in [-0.39, 0.29) is 16.1 Å². The van der Waals surface area contributed by atoms with Gasteiger partial charge in [0, 0.05) is 11.8 Å². The van der Waals surface area contributed by atoms with E-state index in [2.05, 4.69) is 15.0 Å². The highest BCUT2D eigenvalue weighted by Crippen LogP contribution is 2.19. The van der Waals surface area contributed by atoms with Crippen LogP contribution >= 0.6 is 0 Å². The molecule has 0 atom stereocenters. The first-order chi connectivity index (χ1) is 12.9. The molecule has 0 radical (unpaired) electrons. The summed E-state index contributed by atoms with van der Waals surface area (Å²) in [5.74, 6) is -0.661. The molecule has 3 aromatic rings. The smallest absolute Gasteiger partial charge is 0.261 e. The maximum absolute atomic E-state index is 13.7.